The third-order valence-electron chi connectivity index (χ3n) is 3.68. The molecule has 1 atom stereocenters. The molecule has 1 N–H and O–H groups in total. The number of nitrogens with zero attached hydrogens (tertiary/aromatic N) is 1. The lowest BCUT2D eigenvalue weighted by atomic mass is 10.1. The van der Waals surface area contributed by atoms with Crippen LogP contribution in [0.5, 0.6) is 0 Å². The second kappa shape index (κ2) is 4.46. The lowest BCUT2D eigenvalue weighted by molar-refractivity contribution is 0.497. The van der Waals surface area contributed by atoms with Crippen molar-refractivity contribution >= 4 is 10.9 Å². The quantitative estimate of drug-likeness (QED) is 0.866. The van der Waals surface area contributed by atoms with Crippen LogP contribution in [-0.4, -0.2) is 11.0 Å². The van der Waals surface area contributed by atoms with Crippen LogP contribution in [-0.2, 0) is 6.54 Å². The van der Waals surface area contributed by atoms with E-state index in [1.54, 1.807) is 0 Å². The monoisotopic (exact) mass is 226 g/mol. The van der Waals surface area contributed by atoms with E-state index in [4.69, 9.17) is 0 Å². The molecule has 17 heavy (non-hydrogen) atoms. The largest absolute Gasteiger partial charge is 0.310 e. The Bertz CT molecular complexity index is 512. The summed E-state index contributed by atoms with van der Waals surface area (Å²) in [4.78, 5) is 4.39. The smallest absolute Gasteiger partial charge is 0.0705 e. The maximum atomic E-state index is 4.39. The minimum absolute atomic E-state index is 0.641. The van der Waals surface area contributed by atoms with Gasteiger partial charge in [-0.25, -0.2) is 0 Å². The molecule has 0 radical (unpaired) electrons. The van der Waals surface area contributed by atoms with Crippen LogP contribution in [0.2, 0.25) is 0 Å². The first-order valence-corrected chi connectivity index (χ1v) is 6.40. The summed E-state index contributed by atoms with van der Waals surface area (Å²) in [6, 6.07) is 11.1. The van der Waals surface area contributed by atoms with Gasteiger partial charge in [0.05, 0.1) is 5.52 Å². The van der Waals surface area contributed by atoms with Gasteiger partial charge in [0, 0.05) is 24.2 Å². The second-order valence-electron chi connectivity index (χ2n) is 4.99. The molecular weight excluding hydrogens is 208 g/mol. The standard InChI is InChI=1S/C15H18N2/c1-11(12-6-7-12)17-10-13-8-9-16-15-5-3-2-4-14(13)15/h2-5,8-9,11-12,17H,6-7,10H2,1H3. The summed E-state index contributed by atoms with van der Waals surface area (Å²) in [5.74, 6) is 0.906. The fourth-order valence-electron chi connectivity index (χ4n) is 2.34. The summed E-state index contributed by atoms with van der Waals surface area (Å²) in [6.07, 6.45) is 4.69. The van der Waals surface area contributed by atoms with Crippen molar-refractivity contribution in [1.29, 1.82) is 0 Å². The van der Waals surface area contributed by atoms with E-state index < -0.39 is 0 Å². The van der Waals surface area contributed by atoms with Gasteiger partial charge in [0.25, 0.3) is 0 Å². The van der Waals surface area contributed by atoms with Crippen LogP contribution < -0.4 is 5.32 Å². The van der Waals surface area contributed by atoms with Crippen molar-refractivity contribution in [2.75, 3.05) is 0 Å². The van der Waals surface area contributed by atoms with Gasteiger partial charge in [0.2, 0.25) is 0 Å². The highest BCUT2D eigenvalue weighted by atomic mass is 14.9. The lowest BCUT2D eigenvalue weighted by Gasteiger charge is -2.13. The second-order valence-corrected chi connectivity index (χ2v) is 4.99. The summed E-state index contributed by atoms with van der Waals surface area (Å²) < 4.78 is 0. The summed E-state index contributed by atoms with van der Waals surface area (Å²) in [7, 11) is 0. The molecular formula is C15H18N2. The van der Waals surface area contributed by atoms with E-state index in [1.807, 2.05) is 12.3 Å². The zero-order valence-corrected chi connectivity index (χ0v) is 10.2. The summed E-state index contributed by atoms with van der Waals surface area (Å²) in [5.41, 5.74) is 2.44. The Balaban J connectivity index is 1.79. The molecule has 0 bridgehead atoms. The molecule has 0 saturated heterocycles. The Labute approximate surface area is 102 Å². The van der Waals surface area contributed by atoms with Gasteiger partial charge in [-0.15, -0.1) is 0 Å². The molecule has 0 amide bonds. The summed E-state index contributed by atoms with van der Waals surface area (Å²) in [5, 5.41) is 4.89. The zero-order chi connectivity index (χ0) is 11.7. The number of fused-ring (bicyclic) bond motifs is 1. The molecule has 88 valence electrons. The molecule has 1 aromatic heterocycles. The first-order valence-electron chi connectivity index (χ1n) is 6.40. The van der Waals surface area contributed by atoms with Crippen LogP contribution in [0.25, 0.3) is 10.9 Å². The minimum atomic E-state index is 0.641. The van der Waals surface area contributed by atoms with Gasteiger partial charge >= 0.3 is 0 Å². The summed E-state index contributed by atoms with van der Waals surface area (Å²) >= 11 is 0. The van der Waals surface area contributed by atoms with Crippen LogP contribution >= 0.6 is 0 Å². The Kier molecular flexibility index (Phi) is 2.81. The highest BCUT2D eigenvalue weighted by molar-refractivity contribution is 5.81. The molecule has 2 heteroatoms. The molecule has 0 spiro atoms. The molecule has 1 unspecified atom stereocenters. The van der Waals surface area contributed by atoms with Gasteiger partial charge in [-0.3, -0.25) is 4.98 Å². The van der Waals surface area contributed by atoms with Gasteiger partial charge in [0.1, 0.15) is 0 Å². The van der Waals surface area contributed by atoms with Crippen molar-refractivity contribution < 1.29 is 0 Å². The first kappa shape index (κ1) is 10.7. The molecule has 2 aromatic rings. The number of nitrogens with one attached hydrogen (secondary N) is 1. The average molecular weight is 226 g/mol. The van der Waals surface area contributed by atoms with E-state index in [9.17, 15) is 0 Å². The zero-order valence-electron chi connectivity index (χ0n) is 10.2. The topological polar surface area (TPSA) is 24.9 Å². The Morgan fingerprint density at radius 1 is 1.29 bits per heavy atom. The fraction of sp³-hybridized carbons (Fsp3) is 0.400. The molecule has 1 aliphatic carbocycles. The number of hydrogen-bond acceptors (Lipinski definition) is 2. The predicted octanol–water partition coefficient (Wildman–Crippen LogP) is 3.12. The maximum Gasteiger partial charge on any atom is 0.0705 e. The SMILES string of the molecule is CC(NCc1ccnc2ccccc12)C1CC1. The van der Waals surface area contributed by atoms with Gasteiger partial charge in [-0.05, 0) is 43.4 Å². The van der Waals surface area contributed by atoms with Crippen LogP contribution in [0.1, 0.15) is 25.3 Å². The van der Waals surface area contributed by atoms with Crippen LogP contribution in [0, 0.1) is 5.92 Å². The van der Waals surface area contributed by atoms with Crippen molar-refractivity contribution in [3.63, 3.8) is 0 Å². The number of benzene rings is 1. The van der Waals surface area contributed by atoms with Crippen molar-refractivity contribution in [3.05, 3.63) is 42.1 Å². The van der Waals surface area contributed by atoms with Crippen LogP contribution in [0.3, 0.4) is 0 Å². The van der Waals surface area contributed by atoms with Gasteiger partial charge in [-0.2, -0.15) is 0 Å². The van der Waals surface area contributed by atoms with E-state index in [0.29, 0.717) is 6.04 Å². The molecule has 1 heterocycles. The Morgan fingerprint density at radius 2 is 2.12 bits per heavy atom. The van der Waals surface area contributed by atoms with E-state index in [-0.39, 0.29) is 0 Å². The normalized spacial score (nSPS) is 17.2. The Morgan fingerprint density at radius 3 is 2.94 bits per heavy atom. The number of aromatic nitrogens is 1. The molecule has 1 fully saturated rings. The van der Waals surface area contributed by atoms with Gasteiger partial charge < -0.3 is 5.32 Å². The number of rotatable bonds is 4. The van der Waals surface area contributed by atoms with E-state index in [1.165, 1.54) is 23.8 Å². The highest BCUT2D eigenvalue weighted by Crippen LogP contribution is 2.32. The van der Waals surface area contributed by atoms with Crippen molar-refractivity contribution in [1.82, 2.24) is 10.3 Å². The number of hydrogen-bond donors (Lipinski definition) is 1. The molecule has 1 saturated carbocycles. The van der Waals surface area contributed by atoms with Crippen molar-refractivity contribution in [2.45, 2.75) is 32.4 Å². The number of pyridine rings is 1. The van der Waals surface area contributed by atoms with Gasteiger partial charge in [-0.1, -0.05) is 18.2 Å². The third kappa shape index (κ3) is 2.32. The van der Waals surface area contributed by atoms with Crippen molar-refractivity contribution in [2.24, 2.45) is 5.92 Å². The molecule has 3 rings (SSSR count). The first-order chi connectivity index (χ1) is 8.34. The molecule has 0 aliphatic heterocycles. The molecule has 1 aliphatic rings. The minimum Gasteiger partial charge on any atom is -0.310 e. The molecule has 2 nitrogen and oxygen atoms in total. The van der Waals surface area contributed by atoms with Crippen molar-refractivity contribution in [3.8, 4) is 0 Å². The van der Waals surface area contributed by atoms with E-state index in [2.05, 4.69) is 41.5 Å². The Hall–Kier alpha value is -1.41. The number of para-hydroxylation sites is 1. The maximum absolute atomic E-state index is 4.39. The predicted molar refractivity (Wildman–Crippen MR) is 70.8 cm³/mol. The fourth-order valence-corrected chi connectivity index (χ4v) is 2.34. The highest BCUT2D eigenvalue weighted by Gasteiger charge is 2.27. The third-order valence-corrected chi connectivity index (χ3v) is 3.68. The van der Waals surface area contributed by atoms with E-state index in [0.717, 1.165) is 18.0 Å². The van der Waals surface area contributed by atoms with Crippen LogP contribution in [0.15, 0.2) is 36.5 Å². The van der Waals surface area contributed by atoms with Crippen LogP contribution in [0.4, 0.5) is 0 Å². The molecule has 1 aromatic carbocycles. The lowest BCUT2D eigenvalue weighted by Crippen LogP contribution is -2.27. The van der Waals surface area contributed by atoms with E-state index >= 15 is 0 Å². The average Bonchev–Trinajstić information content (AvgIpc) is 3.20. The summed E-state index contributed by atoms with van der Waals surface area (Å²) in [6.45, 7) is 3.24. The van der Waals surface area contributed by atoms with Gasteiger partial charge in [0.15, 0.2) is 0 Å².